The van der Waals surface area contributed by atoms with Gasteiger partial charge in [0.25, 0.3) is 5.91 Å². The minimum atomic E-state index is -0.735. The number of nitrogens with one attached hydrogen (secondary N) is 2. The second-order valence-electron chi connectivity index (χ2n) is 8.77. The minimum absolute atomic E-state index is 0.214. The molecule has 5 amide bonds. The Hall–Kier alpha value is -2.56. The van der Waals surface area contributed by atoms with Crippen molar-refractivity contribution in [3.63, 3.8) is 0 Å². The smallest absolute Gasteiger partial charge is 0.410 e. The summed E-state index contributed by atoms with van der Waals surface area (Å²) >= 11 is 0. The summed E-state index contributed by atoms with van der Waals surface area (Å²) in [7, 11) is 0. The lowest BCUT2D eigenvalue weighted by Gasteiger charge is -2.33. The van der Waals surface area contributed by atoms with Crippen LogP contribution in [0.3, 0.4) is 0 Å². The fourth-order valence-electron chi connectivity index (χ4n) is 3.92. The molecule has 3 atom stereocenters. The van der Waals surface area contributed by atoms with Gasteiger partial charge in [-0.25, -0.2) is 14.7 Å². The minimum Gasteiger partial charge on any atom is -0.444 e. The van der Waals surface area contributed by atoms with Gasteiger partial charge in [-0.2, -0.15) is 0 Å². The summed E-state index contributed by atoms with van der Waals surface area (Å²) in [6, 6.07) is -1.62. The average molecular weight is 411 g/mol. The molecule has 3 aliphatic heterocycles. The maximum absolute atomic E-state index is 12.5. The Balaban J connectivity index is 1.49. The number of ether oxygens (including phenoxy) is 1. The highest BCUT2D eigenvalue weighted by Gasteiger charge is 2.46. The summed E-state index contributed by atoms with van der Waals surface area (Å²) in [6.07, 6.45) is 1.71. The van der Waals surface area contributed by atoms with Crippen molar-refractivity contribution in [2.75, 3.05) is 19.6 Å². The molecule has 0 aliphatic carbocycles. The number of likely N-dealkylation sites (tertiary alicyclic amines) is 1. The van der Waals surface area contributed by atoms with Crippen molar-refractivity contribution in [2.45, 2.75) is 64.1 Å². The lowest BCUT2D eigenvalue weighted by atomic mass is 9.97. The van der Waals surface area contributed by atoms with Crippen LogP contribution in [0.25, 0.3) is 0 Å². The molecule has 29 heavy (non-hydrogen) atoms. The first-order valence-corrected chi connectivity index (χ1v) is 9.93. The summed E-state index contributed by atoms with van der Waals surface area (Å²) in [6.45, 7) is 6.36. The first kappa shape index (κ1) is 21.2. The van der Waals surface area contributed by atoms with E-state index < -0.39 is 41.5 Å². The lowest BCUT2D eigenvalue weighted by molar-refractivity contribution is -0.134. The molecule has 2 bridgehead atoms. The molecule has 0 aromatic heterocycles. The van der Waals surface area contributed by atoms with Gasteiger partial charge in [-0.1, -0.05) is 0 Å². The Morgan fingerprint density at radius 2 is 1.76 bits per heavy atom. The van der Waals surface area contributed by atoms with Crippen molar-refractivity contribution in [3.8, 4) is 0 Å². The number of carbonyl (C=O) groups is 4. The zero-order chi connectivity index (χ0) is 21.3. The fraction of sp³-hybridized carbons (Fsp3) is 0.778. The van der Waals surface area contributed by atoms with Crippen LogP contribution in [0.5, 0.6) is 0 Å². The number of hydrogen-bond acceptors (Lipinski definition) is 6. The van der Waals surface area contributed by atoms with Crippen molar-refractivity contribution < 1.29 is 29.1 Å². The van der Waals surface area contributed by atoms with E-state index >= 15 is 0 Å². The zero-order valence-corrected chi connectivity index (χ0v) is 17.0. The molecule has 3 saturated heterocycles. The van der Waals surface area contributed by atoms with Crippen LogP contribution < -0.4 is 10.9 Å². The number of fused-ring (bicyclic) bond motifs is 2. The first-order valence-electron chi connectivity index (χ1n) is 9.93. The lowest BCUT2D eigenvalue weighted by Crippen LogP contribution is -2.56. The predicted octanol–water partition coefficient (Wildman–Crippen LogP) is 0.439. The molecule has 0 radical (unpaired) electrons. The van der Waals surface area contributed by atoms with Crippen LogP contribution in [-0.4, -0.2) is 81.3 Å². The quantitative estimate of drug-likeness (QED) is 0.446. The third-order valence-corrected chi connectivity index (χ3v) is 5.40. The number of hydroxylamine groups is 2. The molecule has 0 saturated carbocycles. The van der Waals surface area contributed by atoms with Crippen molar-refractivity contribution in [1.29, 1.82) is 0 Å². The maximum Gasteiger partial charge on any atom is 0.410 e. The van der Waals surface area contributed by atoms with Gasteiger partial charge in [0.1, 0.15) is 11.6 Å². The summed E-state index contributed by atoms with van der Waals surface area (Å²) in [5.74, 6) is -1.36. The van der Waals surface area contributed by atoms with Gasteiger partial charge in [-0.3, -0.25) is 25.6 Å². The summed E-state index contributed by atoms with van der Waals surface area (Å²) in [5.41, 5.74) is 4.18. The third kappa shape index (κ3) is 4.72. The highest BCUT2D eigenvalue weighted by Crippen LogP contribution is 2.28. The van der Waals surface area contributed by atoms with E-state index in [4.69, 9.17) is 4.74 Å². The topological polar surface area (TPSA) is 132 Å². The van der Waals surface area contributed by atoms with Crippen LogP contribution in [0, 0.1) is 5.92 Å². The fourth-order valence-corrected chi connectivity index (χ4v) is 3.92. The molecule has 3 fully saturated rings. The van der Waals surface area contributed by atoms with E-state index in [-0.39, 0.29) is 19.1 Å². The number of piperidine rings is 2. The highest BCUT2D eigenvalue weighted by molar-refractivity contribution is 5.90. The Bertz CT molecular complexity index is 693. The maximum atomic E-state index is 12.5. The molecular formula is C18H29N5O6. The van der Waals surface area contributed by atoms with E-state index in [0.29, 0.717) is 37.3 Å². The molecule has 162 valence electrons. The van der Waals surface area contributed by atoms with E-state index in [1.807, 2.05) is 0 Å². The molecule has 3 heterocycles. The summed E-state index contributed by atoms with van der Waals surface area (Å²) in [4.78, 5) is 51.9. The standard InChI is InChI=1S/C18H29N5O6/c1-18(2,3)29-17(27)21-8-4-5-11(9-21)14(24)19-20-15(25)13-7-6-12-10-22(13)16(26)23(12)28/h11-13,28H,4-10H2,1-3H3,(H,19,24)(H,20,25)/t11?,12-,13?/m0/s1. The van der Waals surface area contributed by atoms with E-state index in [2.05, 4.69) is 10.9 Å². The van der Waals surface area contributed by atoms with Gasteiger partial charge in [0, 0.05) is 19.6 Å². The third-order valence-electron chi connectivity index (χ3n) is 5.40. The second-order valence-corrected chi connectivity index (χ2v) is 8.77. The molecule has 11 heteroatoms. The molecule has 3 rings (SSSR count). The number of rotatable bonds is 2. The van der Waals surface area contributed by atoms with Crippen LogP contribution in [0.4, 0.5) is 9.59 Å². The molecule has 2 unspecified atom stereocenters. The average Bonchev–Trinajstić information content (AvgIpc) is 2.89. The van der Waals surface area contributed by atoms with Crippen LogP contribution in [0.2, 0.25) is 0 Å². The van der Waals surface area contributed by atoms with Gasteiger partial charge in [0.15, 0.2) is 0 Å². The highest BCUT2D eigenvalue weighted by atomic mass is 16.6. The van der Waals surface area contributed by atoms with Crippen LogP contribution in [-0.2, 0) is 14.3 Å². The van der Waals surface area contributed by atoms with E-state index in [0.717, 1.165) is 0 Å². The number of urea groups is 1. The van der Waals surface area contributed by atoms with Crippen LogP contribution in [0.15, 0.2) is 0 Å². The molecule has 11 nitrogen and oxygen atoms in total. The van der Waals surface area contributed by atoms with E-state index in [1.54, 1.807) is 20.8 Å². The van der Waals surface area contributed by atoms with Crippen molar-refractivity contribution in [2.24, 2.45) is 5.92 Å². The Labute approximate surface area is 169 Å². The van der Waals surface area contributed by atoms with Crippen molar-refractivity contribution in [3.05, 3.63) is 0 Å². The number of amides is 5. The second kappa shape index (κ2) is 8.05. The van der Waals surface area contributed by atoms with Crippen molar-refractivity contribution >= 4 is 23.9 Å². The molecule has 0 aromatic carbocycles. The first-order chi connectivity index (χ1) is 13.6. The van der Waals surface area contributed by atoms with Gasteiger partial charge in [0.2, 0.25) is 5.91 Å². The summed E-state index contributed by atoms with van der Waals surface area (Å²) < 4.78 is 5.35. The largest absolute Gasteiger partial charge is 0.444 e. The number of carbonyl (C=O) groups excluding carboxylic acids is 4. The van der Waals surface area contributed by atoms with Crippen LogP contribution in [0.1, 0.15) is 46.5 Å². The molecule has 3 aliphatic rings. The predicted molar refractivity (Wildman–Crippen MR) is 99.4 cm³/mol. The van der Waals surface area contributed by atoms with E-state index in [1.165, 1.54) is 9.80 Å². The van der Waals surface area contributed by atoms with E-state index in [9.17, 15) is 24.4 Å². The molecule has 0 aromatic rings. The molecular weight excluding hydrogens is 382 g/mol. The molecule has 0 spiro atoms. The van der Waals surface area contributed by atoms with Crippen LogP contribution >= 0.6 is 0 Å². The Morgan fingerprint density at radius 3 is 2.45 bits per heavy atom. The van der Waals surface area contributed by atoms with Gasteiger partial charge >= 0.3 is 12.1 Å². The number of hydrazine groups is 1. The summed E-state index contributed by atoms with van der Waals surface area (Å²) in [5, 5.41) is 10.4. The SMILES string of the molecule is CC(C)(C)OC(=O)N1CCCC(C(=O)NNC(=O)C2CC[C@H]3CN2C(=O)N3O)C1. The van der Waals surface area contributed by atoms with Gasteiger partial charge in [0.05, 0.1) is 12.0 Å². The monoisotopic (exact) mass is 411 g/mol. The van der Waals surface area contributed by atoms with Gasteiger partial charge in [-0.05, 0) is 46.5 Å². The molecule has 3 N–H and O–H groups in total. The van der Waals surface area contributed by atoms with Crippen molar-refractivity contribution in [1.82, 2.24) is 25.7 Å². The number of nitrogens with zero attached hydrogens (tertiary/aromatic N) is 3. The normalized spacial score (nSPS) is 27.0. The Kier molecular flexibility index (Phi) is 5.87. The zero-order valence-electron chi connectivity index (χ0n) is 17.0. The van der Waals surface area contributed by atoms with Gasteiger partial charge in [-0.15, -0.1) is 0 Å². The van der Waals surface area contributed by atoms with Gasteiger partial charge < -0.3 is 14.5 Å². The Morgan fingerprint density at radius 1 is 1.07 bits per heavy atom. The number of hydrogen-bond donors (Lipinski definition) is 3.